The zero-order chi connectivity index (χ0) is 34.3. The number of nitrogens with zero attached hydrogens (tertiary/aromatic N) is 6. The molecule has 0 amide bonds. The van der Waals surface area contributed by atoms with E-state index in [0.29, 0.717) is 23.3 Å². The highest BCUT2D eigenvalue weighted by Gasteiger charge is 2.15. The van der Waals surface area contributed by atoms with Gasteiger partial charge in [0.25, 0.3) is 0 Å². The van der Waals surface area contributed by atoms with Crippen molar-refractivity contribution in [1.29, 1.82) is 0 Å². The van der Waals surface area contributed by atoms with Crippen LogP contribution in [0.1, 0.15) is 18.4 Å². The maximum absolute atomic E-state index is 5.03. The van der Waals surface area contributed by atoms with E-state index in [0.717, 1.165) is 61.3 Å². The van der Waals surface area contributed by atoms with E-state index in [1.807, 2.05) is 80.7 Å². The molecule has 240 valence electrons. The minimum atomic E-state index is 0.592. The molecule has 6 heteroatoms. The van der Waals surface area contributed by atoms with E-state index in [2.05, 4.69) is 94.3 Å². The van der Waals surface area contributed by atoms with Gasteiger partial charge in [0.15, 0.2) is 23.3 Å². The molecule has 0 N–H and O–H groups in total. The first-order chi connectivity index (χ1) is 24.6. The Bertz CT molecular complexity index is 2330. The van der Waals surface area contributed by atoms with Crippen molar-refractivity contribution >= 4 is 5.57 Å². The summed E-state index contributed by atoms with van der Waals surface area (Å²) in [6.45, 7) is 7.82. The molecule has 7 rings (SSSR count). The van der Waals surface area contributed by atoms with Crippen LogP contribution in [-0.2, 0) is 0 Å². The lowest BCUT2D eigenvalue weighted by Gasteiger charge is -2.13. The van der Waals surface area contributed by atoms with Crippen molar-refractivity contribution < 1.29 is 0 Å². The molecular weight excluding hydrogens is 613 g/mol. The summed E-state index contributed by atoms with van der Waals surface area (Å²) in [5, 5.41) is 0. The van der Waals surface area contributed by atoms with Crippen LogP contribution < -0.4 is 0 Å². The Morgan fingerprint density at radius 3 is 1.70 bits per heavy atom. The third kappa shape index (κ3) is 7.10. The zero-order valence-electron chi connectivity index (χ0n) is 27.9. The van der Waals surface area contributed by atoms with Gasteiger partial charge in [0.1, 0.15) is 0 Å². The van der Waals surface area contributed by atoms with Crippen LogP contribution in [0.5, 0.6) is 0 Å². The van der Waals surface area contributed by atoms with Crippen LogP contribution in [0, 0.1) is 6.92 Å². The quantitative estimate of drug-likeness (QED) is 0.145. The van der Waals surface area contributed by atoms with Crippen LogP contribution in [0.15, 0.2) is 165 Å². The Morgan fingerprint density at radius 1 is 0.500 bits per heavy atom. The minimum Gasteiger partial charge on any atom is -0.261 e. The van der Waals surface area contributed by atoms with Crippen molar-refractivity contribution in [3.05, 3.63) is 176 Å². The summed E-state index contributed by atoms with van der Waals surface area (Å²) < 4.78 is 0. The van der Waals surface area contributed by atoms with E-state index >= 15 is 0 Å². The molecule has 0 fully saturated rings. The Balaban J connectivity index is 1.38. The number of aromatic nitrogens is 6. The molecule has 3 aromatic heterocycles. The van der Waals surface area contributed by atoms with Gasteiger partial charge in [0.05, 0.1) is 0 Å². The highest BCUT2D eigenvalue weighted by molar-refractivity contribution is 5.82. The maximum Gasteiger partial charge on any atom is 0.164 e. The first-order valence-corrected chi connectivity index (χ1v) is 16.4. The SMILES string of the molecule is C=C/C=C\C=C(/C)c1nc(-c2ccccc2)nc(-c2cc(-c3ccc(-c4ncccn4)cc3)cc(-c3ccc(-c4cccnc4C)cc3)c2)n1. The highest BCUT2D eigenvalue weighted by Crippen LogP contribution is 2.34. The molecule has 0 atom stereocenters. The fraction of sp³-hybridized carbons (Fsp3) is 0.0455. The highest BCUT2D eigenvalue weighted by atomic mass is 15.0. The van der Waals surface area contributed by atoms with Crippen LogP contribution in [0.4, 0.5) is 0 Å². The van der Waals surface area contributed by atoms with Crippen LogP contribution in [0.3, 0.4) is 0 Å². The molecule has 0 saturated carbocycles. The van der Waals surface area contributed by atoms with Gasteiger partial charge in [0, 0.05) is 46.5 Å². The first-order valence-electron chi connectivity index (χ1n) is 16.4. The van der Waals surface area contributed by atoms with Gasteiger partial charge in [-0.2, -0.15) is 0 Å². The molecule has 0 aliphatic carbocycles. The number of benzene rings is 4. The van der Waals surface area contributed by atoms with Crippen molar-refractivity contribution in [3.8, 4) is 67.5 Å². The van der Waals surface area contributed by atoms with Crippen LogP contribution in [0.25, 0.3) is 73.1 Å². The van der Waals surface area contributed by atoms with Gasteiger partial charge >= 0.3 is 0 Å². The molecule has 7 aromatic rings. The largest absolute Gasteiger partial charge is 0.261 e. The van der Waals surface area contributed by atoms with E-state index in [-0.39, 0.29) is 0 Å². The second kappa shape index (κ2) is 14.6. The molecule has 0 radical (unpaired) electrons. The van der Waals surface area contributed by atoms with Crippen molar-refractivity contribution in [2.24, 2.45) is 0 Å². The van der Waals surface area contributed by atoms with Gasteiger partial charge in [-0.3, -0.25) is 4.98 Å². The van der Waals surface area contributed by atoms with E-state index in [9.17, 15) is 0 Å². The third-order valence-electron chi connectivity index (χ3n) is 8.38. The van der Waals surface area contributed by atoms with Crippen LogP contribution in [-0.4, -0.2) is 29.9 Å². The number of allylic oxidation sites excluding steroid dienone is 5. The van der Waals surface area contributed by atoms with Gasteiger partial charge in [-0.1, -0.05) is 116 Å². The summed E-state index contributed by atoms with van der Waals surface area (Å²) >= 11 is 0. The first kappa shape index (κ1) is 31.9. The minimum absolute atomic E-state index is 0.592. The van der Waals surface area contributed by atoms with Crippen molar-refractivity contribution in [2.75, 3.05) is 0 Å². The van der Waals surface area contributed by atoms with Crippen molar-refractivity contribution in [3.63, 3.8) is 0 Å². The van der Waals surface area contributed by atoms with Crippen LogP contribution >= 0.6 is 0 Å². The Hall–Kier alpha value is -6.66. The lowest BCUT2D eigenvalue weighted by Crippen LogP contribution is -2.02. The number of pyridine rings is 1. The molecular formula is C44H34N6. The second-order valence-electron chi connectivity index (χ2n) is 11.8. The Morgan fingerprint density at radius 2 is 1.06 bits per heavy atom. The van der Waals surface area contributed by atoms with E-state index < -0.39 is 0 Å². The van der Waals surface area contributed by atoms with Crippen molar-refractivity contribution in [2.45, 2.75) is 13.8 Å². The molecule has 4 aromatic carbocycles. The normalized spacial score (nSPS) is 11.5. The molecule has 0 saturated heterocycles. The summed E-state index contributed by atoms with van der Waals surface area (Å²) in [5.74, 6) is 2.50. The number of hydrogen-bond acceptors (Lipinski definition) is 6. The predicted octanol–water partition coefficient (Wildman–Crippen LogP) is 10.5. The molecule has 3 heterocycles. The average Bonchev–Trinajstić information content (AvgIpc) is 3.18. The number of aryl methyl sites for hydroxylation is 1. The summed E-state index contributed by atoms with van der Waals surface area (Å²) in [6.07, 6.45) is 12.9. The van der Waals surface area contributed by atoms with Gasteiger partial charge in [0.2, 0.25) is 0 Å². The standard InChI is InChI=1S/C44H34N6/c1-4-5-7-12-30(2)41-48-43(35-13-8-6-9-14-35)50-44(49-41)39-28-37(32-16-20-34(21-17-32)40-15-10-24-45-31(40)3)27-38(29-39)33-18-22-36(23-19-33)42-46-25-11-26-47-42/h4-29H,1H2,2-3H3/b7-5-,30-12+. The predicted molar refractivity (Wildman–Crippen MR) is 204 cm³/mol. The van der Waals surface area contributed by atoms with E-state index in [4.69, 9.17) is 15.0 Å². The summed E-state index contributed by atoms with van der Waals surface area (Å²) in [5.41, 5.74) is 11.1. The molecule has 0 aliphatic rings. The molecule has 0 unspecified atom stereocenters. The van der Waals surface area contributed by atoms with E-state index in [1.54, 1.807) is 18.5 Å². The lowest BCUT2D eigenvalue weighted by molar-refractivity contribution is 1.03. The summed E-state index contributed by atoms with van der Waals surface area (Å²) in [7, 11) is 0. The topological polar surface area (TPSA) is 77.3 Å². The van der Waals surface area contributed by atoms with Gasteiger partial charge < -0.3 is 0 Å². The number of hydrogen-bond donors (Lipinski definition) is 0. The van der Waals surface area contributed by atoms with Crippen LogP contribution in [0.2, 0.25) is 0 Å². The molecule has 50 heavy (non-hydrogen) atoms. The maximum atomic E-state index is 5.03. The van der Waals surface area contributed by atoms with Gasteiger partial charge in [-0.05, 0) is 77.6 Å². The monoisotopic (exact) mass is 646 g/mol. The fourth-order valence-corrected chi connectivity index (χ4v) is 5.73. The van der Waals surface area contributed by atoms with Gasteiger partial charge in [-0.15, -0.1) is 0 Å². The smallest absolute Gasteiger partial charge is 0.164 e. The molecule has 0 bridgehead atoms. The molecule has 0 aliphatic heterocycles. The Labute approximate surface area is 292 Å². The number of rotatable bonds is 9. The van der Waals surface area contributed by atoms with Gasteiger partial charge in [-0.25, -0.2) is 24.9 Å². The molecule has 0 spiro atoms. The fourth-order valence-electron chi connectivity index (χ4n) is 5.73. The summed E-state index contributed by atoms with van der Waals surface area (Å²) in [6, 6.07) is 39.4. The second-order valence-corrected chi connectivity index (χ2v) is 11.8. The Kier molecular flexibility index (Phi) is 9.33. The average molecular weight is 647 g/mol. The van der Waals surface area contributed by atoms with E-state index in [1.165, 1.54) is 0 Å². The third-order valence-corrected chi connectivity index (χ3v) is 8.38. The van der Waals surface area contributed by atoms with Crippen molar-refractivity contribution in [1.82, 2.24) is 29.9 Å². The lowest BCUT2D eigenvalue weighted by atomic mass is 9.94. The summed E-state index contributed by atoms with van der Waals surface area (Å²) in [4.78, 5) is 28.3. The zero-order valence-corrected chi connectivity index (χ0v) is 27.9. The molecule has 6 nitrogen and oxygen atoms in total.